The van der Waals surface area contributed by atoms with Crippen molar-refractivity contribution < 1.29 is 52.2 Å². The van der Waals surface area contributed by atoms with Crippen LogP contribution in [0.1, 0.15) is 59.9 Å². The molecule has 3 unspecified atom stereocenters. The lowest BCUT2D eigenvalue weighted by atomic mass is 10.0. The topological polar surface area (TPSA) is 119 Å². The highest BCUT2D eigenvalue weighted by Crippen LogP contribution is 2.37. The van der Waals surface area contributed by atoms with Crippen LogP contribution in [0.15, 0.2) is 60.4 Å². The van der Waals surface area contributed by atoms with Gasteiger partial charge in [-0.05, 0) is 69.5 Å². The summed E-state index contributed by atoms with van der Waals surface area (Å²) < 4.78 is 55.7. The van der Waals surface area contributed by atoms with Gasteiger partial charge in [-0.1, -0.05) is 50.0 Å². The highest BCUT2D eigenvalue weighted by Gasteiger charge is 2.47. The number of ether oxygens (including phenoxy) is 7. The second-order valence-corrected chi connectivity index (χ2v) is 18.9. The van der Waals surface area contributed by atoms with E-state index >= 15 is 4.39 Å². The molecule has 0 amide bonds. The molecule has 2 aromatic rings. The number of hydrogen-bond acceptors (Lipinski definition) is 10. The van der Waals surface area contributed by atoms with Crippen molar-refractivity contribution in [1.29, 1.82) is 0 Å². The average Bonchev–Trinajstić information content (AvgIpc) is 3.34. The van der Waals surface area contributed by atoms with Crippen molar-refractivity contribution in [2.75, 3.05) is 27.6 Å². The lowest BCUT2D eigenvalue weighted by Gasteiger charge is -2.25. The number of carbonyl (C=O) groups is 2. The lowest BCUT2D eigenvalue weighted by Crippen LogP contribution is -2.39. The average molecular weight is 689 g/mol. The quantitative estimate of drug-likeness (QED) is 0.106. The minimum atomic E-state index is -1.46. The van der Waals surface area contributed by atoms with Gasteiger partial charge in [0.2, 0.25) is 0 Å². The molecule has 0 spiro atoms. The molecule has 4 atom stereocenters. The molecule has 0 aliphatic carbocycles. The minimum absolute atomic E-state index is 0.00684. The molecular formula is C36H49FO10Si. The van der Waals surface area contributed by atoms with Gasteiger partial charge < -0.3 is 38.3 Å². The molecule has 0 bridgehead atoms. The summed E-state index contributed by atoms with van der Waals surface area (Å²) in [6.45, 7) is 11.7. The fourth-order valence-electron chi connectivity index (χ4n) is 4.91. The van der Waals surface area contributed by atoms with E-state index in [-0.39, 0.29) is 43.1 Å². The predicted octanol–water partition coefficient (Wildman–Crippen LogP) is 6.95. The molecule has 1 heterocycles. The van der Waals surface area contributed by atoms with E-state index in [4.69, 9.17) is 33.2 Å². The highest BCUT2D eigenvalue weighted by molar-refractivity contribution is 6.76. The number of aliphatic hydroxyl groups excluding tert-OH is 1. The molecule has 48 heavy (non-hydrogen) atoms. The Labute approximate surface area is 283 Å². The van der Waals surface area contributed by atoms with Gasteiger partial charge in [0.05, 0.1) is 31.5 Å². The first kappa shape index (κ1) is 38.9. The molecule has 12 heteroatoms. The van der Waals surface area contributed by atoms with Crippen molar-refractivity contribution in [3.05, 3.63) is 77.1 Å². The Bertz CT molecular complexity index is 1420. The monoisotopic (exact) mass is 688 g/mol. The summed E-state index contributed by atoms with van der Waals surface area (Å²) in [5, 5.41) is 9.78. The summed E-state index contributed by atoms with van der Waals surface area (Å²) in [5.74, 6) is -2.52. The molecule has 1 aliphatic heterocycles. The Hall–Kier alpha value is -3.55. The molecule has 0 aromatic heterocycles. The Morgan fingerprint density at radius 2 is 1.79 bits per heavy atom. The second-order valence-electron chi connectivity index (χ2n) is 13.2. The molecule has 1 saturated heterocycles. The van der Waals surface area contributed by atoms with E-state index in [1.807, 2.05) is 0 Å². The molecule has 1 aliphatic rings. The number of halogens is 1. The summed E-state index contributed by atoms with van der Waals surface area (Å²) in [5.41, 5.74) is 0.902. The third kappa shape index (κ3) is 11.8. The zero-order valence-corrected chi connectivity index (χ0v) is 30.1. The third-order valence-electron chi connectivity index (χ3n) is 7.32. The van der Waals surface area contributed by atoms with Crippen molar-refractivity contribution in [2.24, 2.45) is 0 Å². The number of esters is 2. The van der Waals surface area contributed by atoms with E-state index in [1.54, 1.807) is 68.5 Å². The first-order chi connectivity index (χ1) is 22.6. The molecule has 0 saturated carbocycles. The standard InChI is InChI=1S/C36H49FO10Si/c1-24(38)17-18-28(37)32(45-34(39)25-13-10-9-11-14-25)33-29(46-36(2,3)47-33)16-12-15-26-21-27(42-5)22-30(44-23-41-4)31(26)35(40)43-19-20-48(6,7)8/h9-15,18,21-22,24,29,32-33,38H,16-17,19-20,23H2,1-8H3/t24?,29-,32?,33?/m0/s1. The van der Waals surface area contributed by atoms with Crippen molar-refractivity contribution in [3.8, 4) is 11.5 Å². The molecule has 2 aromatic carbocycles. The van der Waals surface area contributed by atoms with Crippen LogP contribution in [-0.4, -0.2) is 82.9 Å². The van der Waals surface area contributed by atoms with Gasteiger partial charge in [0, 0.05) is 21.3 Å². The summed E-state index contributed by atoms with van der Waals surface area (Å²) in [6, 6.07) is 12.3. The van der Waals surface area contributed by atoms with E-state index in [1.165, 1.54) is 27.2 Å². The summed E-state index contributed by atoms with van der Waals surface area (Å²) >= 11 is 0. The van der Waals surface area contributed by atoms with E-state index in [0.717, 1.165) is 6.04 Å². The van der Waals surface area contributed by atoms with E-state index in [0.29, 0.717) is 11.3 Å². The van der Waals surface area contributed by atoms with Gasteiger partial charge in [-0.25, -0.2) is 14.0 Å². The smallest absolute Gasteiger partial charge is 0.342 e. The highest BCUT2D eigenvalue weighted by atomic mass is 28.3. The zero-order chi connectivity index (χ0) is 35.5. The molecule has 0 radical (unpaired) electrons. The third-order valence-corrected chi connectivity index (χ3v) is 9.02. The Morgan fingerprint density at radius 1 is 1.08 bits per heavy atom. The van der Waals surface area contributed by atoms with Crippen LogP contribution in [0.3, 0.4) is 0 Å². The number of rotatable bonds is 17. The molecule has 1 N–H and O–H groups in total. The normalized spacial score (nSPS) is 19.2. The summed E-state index contributed by atoms with van der Waals surface area (Å²) in [4.78, 5) is 26.5. The fraction of sp³-hybridized carbons (Fsp3) is 0.500. The Morgan fingerprint density at radius 3 is 2.42 bits per heavy atom. The van der Waals surface area contributed by atoms with E-state index < -0.39 is 56.0 Å². The van der Waals surface area contributed by atoms with Crippen LogP contribution in [0.2, 0.25) is 25.7 Å². The number of hydrogen-bond donors (Lipinski definition) is 1. The first-order valence-corrected chi connectivity index (χ1v) is 19.7. The van der Waals surface area contributed by atoms with Gasteiger partial charge in [-0.15, -0.1) is 0 Å². The van der Waals surface area contributed by atoms with Crippen molar-refractivity contribution in [2.45, 2.75) is 89.5 Å². The van der Waals surface area contributed by atoms with Gasteiger partial charge >= 0.3 is 11.9 Å². The van der Waals surface area contributed by atoms with Gasteiger partial charge in [0.25, 0.3) is 0 Å². The van der Waals surface area contributed by atoms with Gasteiger partial charge in [0.15, 0.2) is 18.7 Å². The Kier molecular flexibility index (Phi) is 14.4. The molecule has 10 nitrogen and oxygen atoms in total. The largest absolute Gasteiger partial charge is 0.497 e. The lowest BCUT2D eigenvalue weighted by molar-refractivity contribution is -0.154. The Balaban J connectivity index is 1.95. The van der Waals surface area contributed by atoms with Crippen molar-refractivity contribution in [1.82, 2.24) is 0 Å². The van der Waals surface area contributed by atoms with Crippen LogP contribution in [0.5, 0.6) is 11.5 Å². The maximum absolute atomic E-state index is 15.7. The van der Waals surface area contributed by atoms with Crippen LogP contribution in [0, 0.1) is 0 Å². The van der Waals surface area contributed by atoms with E-state index in [2.05, 4.69) is 19.6 Å². The van der Waals surface area contributed by atoms with Crippen LogP contribution >= 0.6 is 0 Å². The maximum atomic E-state index is 15.7. The van der Waals surface area contributed by atoms with E-state index in [9.17, 15) is 14.7 Å². The maximum Gasteiger partial charge on any atom is 0.342 e. The number of benzene rings is 2. The number of aliphatic hydroxyl groups is 1. The predicted molar refractivity (Wildman–Crippen MR) is 183 cm³/mol. The molecule has 1 fully saturated rings. The van der Waals surface area contributed by atoms with Crippen molar-refractivity contribution >= 4 is 26.1 Å². The first-order valence-electron chi connectivity index (χ1n) is 16.0. The SMILES string of the molecule is COCOc1cc(OC)cc(C=CC[C@@H]2OC(C)(C)OC2C(OC(=O)c2ccccc2)C(F)=CCC(C)O)c1C(=O)OCC[Si](C)(C)C. The van der Waals surface area contributed by atoms with Crippen LogP contribution in [0.4, 0.5) is 4.39 Å². The number of methoxy groups -OCH3 is 2. The summed E-state index contributed by atoms with van der Waals surface area (Å²) in [6.07, 6.45) is 0.759. The molecule has 3 rings (SSSR count). The fourth-order valence-corrected chi connectivity index (χ4v) is 5.62. The summed E-state index contributed by atoms with van der Waals surface area (Å²) in [7, 11) is 1.51. The minimum Gasteiger partial charge on any atom is -0.497 e. The zero-order valence-electron chi connectivity index (χ0n) is 29.1. The number of carbonyl (C=O) groups excluding carboxylic acids is 2. The van der Waals surface area contributed by atoms with Gasteiger partial charge in [-0.2, -0.15) is 0 Å². The molecular weight excluding hydrogens is 639 g/mol. The van der Waals surface area contributed by atoms with Crippen molar-refractivity contribution in [3.63, 3.8) is 0 Å². The second kappa shape index (κ2) is 17.7. The molecule has 264 valence electrons. The van der Waals surface area contributed by atoms with Gasteiger partial charge in [-0.3, -0.25) is 0 Å². The van der Waals surface area contributed by atoms with Gasteiger partial charge in [0.1, 0.15) is 29.0 Å². The van der Waals surface area contributed by atoms with Crippen LogP contribution < -0.4 is 9.47 Å². The van der Waals surface area contributed by atoms with Crippen LogP contribution in [0.25, 0.3) is 6.08 Å². The van der Waals surface area contributed by atoms with Crippen LogP contribution in [-0.2, 0) is 23.7 Å².